The van der Waals surface area contributed by atoms with E-state index >= 15 is 0 Å². The van der Waals surface area contributed by atoms with Gasteiger partial charge in [-0.25, -0.2) is 0 Å². The maximum absolute atomic E-state index is 9.31. The second-order valence-corrected chi connectivity index (χ2v) is 10.7. The predicted octanol–water partition coefficient (Wildman–Crippen LogP) is 12.0. The third kappa shape index (κ3) is 3.65. The highest BCUT2D eigenvalue weighted by Gasteiger charge is 2.20. The maximum atomic E-state index is 9.31. The van der Waals surface area contributed by atoms with E-state index in [-0.39, 0.29) is 52.2 Å². The molecule has 0 saturated carbocycles. The third-order valence-electron chi connectivity index (χ3n) is 8.38. The Hall–Kier alpha value is -5.66. The van der Waals surface area contributed by atoms with Gasteiger partial charge in [0.2, 0.25) is 0 Å². The molecule has 0 saturated heterocycles. The zero-order chi connectivity index (χ0) is 34.4. The molecule has 0 aliphatic carbocycles. The highest BCUT2D eigenvalue weighted by Crippen LogP contribution is 2.47. The van der Waals surface area contributed by atoms with E-state index in [0.717, 1.165) is 49.2 Å². The fraction of sp³-hybridized carbons (Fsp3) is 0. The Morgan fingerprint density at radius 3 is 1.81 bits per heavy atom. The molecular weight excluding hydrogens is 520 g/mol. The van der Waals surface area contributed by atoms with Crippen molar-refractivity contribution in [3.05, 3.63) is 158 Å². The van der Waals surface area contributed by atoms with Gasteiger partial charge in [0, 0.05) is 10.8 Å². The van der Waals surface area contributed by atoms with Gasteiger partial charge >= 0.3 is 0 Å². The molecule has 200 valence electrons. The van der Waals surface area contributed by atoms with Gasteiger partial charge in [0.1, 0.15) is 11.2 Å². The topological polar surface area (TPSA) is 13.1 Å². The SMILES string of the molecule is [2H]c1c([2H])c([2H])c2c(oc3c([2H])c([2H])c([2H])c(-c4c5ccccc5c(-c5cccc(-c6cccc7ccccc67)c5)c5ccccc45)c32)c1[2H]. The summed E-state index contributed by atoms with van der Waals surface area (Å²) >= 11 is 0. The molecular formula is C42H26O. The van der Waals surface area contributed by atoms with Crippen LogP contribution in [0.3, 0.4) is 0 Å². The summed E-state index contributed by atoms with van der Waals surface area (Å²) in [5.74, 6) is 0. The molecule has 0 amide bonds. The first-order valence-electron chi connectivity index (χ1n) is 17.7. The number of hydrogen-bond acceptors (Lipinski definition) is 1. The summed E-state index contributed by atoms with van der Waals surface area (Å²) in [6.07, 6.45) is 0. The zero-order valence-electron chi connectivity index (χ0n) is 29.9. The van der Waals surface area contributed by atoms with Crippen LogP contribution >= 0.6 is 0 Å². The third-order valence-corrected chi connectivity index (χ3v) is 8.38. The second kappa shape index (κ2) is 9.44. The van der Waals surface area contributed by atoms with Crippen molar-refractivity contribution in [1.29, 1.82) is 0 Å². The lowest BCUT2D eigenvalue weighted by molar-refractivity contribution is 0.669. The van der Waals surface area contributed by atoms with Crippen LogP contribution < -0.4 is 0 Å². The van der Waals surface area contributed by atoms with Crippen molar-refractivity contribution in [1.82, 2.24) is 0 Å². The number of fused-ring (bicyclic) bond motifs is 6. The summed E-state index contributed by atoms with van der Waals surface area (Å²) in [5.41, 5.74) is 5.03. The summed E-state index contributed by atoms with van der Waals surface area (Å²) in [7, 11) is 0. The van der Waals surface area contributed by atoms with Crippen molar-refractivity contribution >= 4 is 54.3 Å². The minimum absolute atomic E-state index is 0.0389. The van der Waals surface area contributed by atoms with Gasteiger partial charge < -0.3 is 4.42 Å². The minimum atomic E-state index is -0.446. The van der Waals surface area contributed by atoms with Crippen LogP contribution in [-0.4, -0.2) is 0 Å². The highest BCUT2D eigenvalue weighted by atomic mass is 16.3. The smallest absolute Gasteiger partial charge is 0.136 e. The number of hydrogen-bond donors (Lipinski definition) is 0. The normalized spacial score (nSPS) is 14.0. The lowest BCUT2D eigenvalue weighted by Crippen LogP contribution is -1.91. The first-order valence-corrected chi connectivity index (χ1v) is 14.2. The van der Waals surface area contributed by atoms with E-state index in [2.05, 4.69) is 60.7 Å². The van der Waals surface area contributed by atoms with E-state index in [1.165, 1.54) is 5.39 Å². The van der Waals surface area contributed by atoms with E-state index in [1.54, 1.807) is 0 Å². The van der Waals surface area contributed by atoms with Gasteiger partial charge in [-0.05, 0) is 83.8 Å². The molecule has 0 aliphatic heterocycles. The Bertz CT molecular complexity index is 2850. The molecule has 43 heavy (non-hydrogen) atoms. The molecule has 9 aromatic rings. The van der Waals surface area contributed by atoms with Crippen molar-refractivity contribution in [2.24, 2.45) is 0 Å². The maximum Gasteiger partial charge on any atom is 0.136 e. The molecule has 0 radical (unpaired) electrons. The molecule has 1 nitrogen and oxygen atoms in total. The van der Waals surface area contributed by atoms with Crippen LogP contribution in [0.1, 0.15) is 9.60 Å². The molecule has 1 heterocycles. The average molecular weight is 554 g/mol. The standard InChI is InChI=1S/C42H26O/c1-2-16-30-27(12-1)13-10-22-31(30)28-14-9-15-29(26-28)40-32-17-3-5-19-34(32)41(35-20-6-4-18-33(35)40)37-23-11-25-39-42(37)36-21-7-8-24-38(36)43-39/h1-26H/i7D,8D,11D,21D,23D,24D,25D. The molecule has 1 heteroatoms. The van der Waals surface area contributed by atoms with Crippen LogP contribution in [0, 0.1) is 0 Å². The van der Waals surface area contributed by atoms with Gasteiger partial charge in [-0.1, -0.05) is 139 Å². The van der Waals surface area contributed by atoms with E-state index in [0.29, 0.717) is 11.1 Å². The fourth-order valence-corrected chi connectivity index (χ4v) is 6.58. The van der Waals surface area contributed by atoms with Crippen LogP contribution in [0.4, 0.5) is 0 Å². The van der Waals surface area contributed by atoms with E-state index in [1.807, 2.05) is 54.6 Å². The van der Waals surface area contributed by atoms with Crippen LogP contribution in [0.15, 0.2) is 162 Å². The molecule has 0 aliphatic rings. The Kier molecular flexibility index (Phi) is 3.95. The Morgan fingerprint density at radius 2 is 1.02 bits per heavy atom. The van der Waals surface area contributed by atoms with Crippen LogP contribution in [0.5, 0.6) is 0 Å². The lowest BCUT2D eigenvalue weighted by Gasteiger charge is -2.19. The summed E-state index contributed by atoms with van der Waals surface area (Å²) < 4.78 is 67.1. The number of para-hydroxylation sites is 1. The molecule has 0 fully saturated rings. The zero-order valence-corrected chi connectivity index (χ0v) is 22.9. The van der Waals surface area contributed by atoms with Gasteiger partial charge in [0.15, 0.2) is 0 Å². The Morgan fingerprint density at radius 1 is 0.419 bits per heavy atom. The number of rotatable bonds is 3. The first kappa shape index (κ1) is 18.0. The summed E-state index contributed by atoms with van der Waals surface area (Å²) in [5, 5.41) is 6.11. The summed E-state index contributed by atoms with van der Waals surface area (Å²) in [6, 6.07) is 36.6. The molecule has 9 rings (SSSR count). The Labute approximate surface area is 259 Å². The van der Waals surface area contributed by atoms with Crippen molar-refractivity contribution in [2.45, 2.75) is 0 Å². The van der Waals surface area contributed by atoms with Crippen molar-refractivity contribution in [3.63, 3.8) is 0 Å². The van der Waals surface area contributed by atoms with Gasteiger partial charge in [0.25, 0.3) is 0 Å². The molecule has 0 atom stereocenters. The van der Waals surface area contributed by atoms with Crippen molar-refractivity contribution in [2.75, 3.05) is 0 Å². The number of benzene rings is 8. The molecule has 8 aromatic carbocycles. The van der Waals surface area contributed by atoms with Gasteiger partial charge in [-0.15, -0.1) is 0 Å². The largest absolute Gasteiger partial charge is 0.456 e. The Balaban J connectivity index is 1.42. The van der Waals surface area contributed by atoms with Crippen molar-refractivity contribution in [3.8, 4) is 33.4 Å². The van der Waals surface area contributed by atoms with Gasteiger partial charge in [-0.3, -0.25) is 0 Å². The molecule has 1 aromatic heterocycles. The molecule has 0 bridgehead atoms. The van der Waals surface area contributed by atoms with Gasteiger partial charge in [0.05, 0.1) is 9.60 Å². The second-order valence-electron chi connectivity index (χ2n) is 10.7. The predicted molar refractivity (Wildman–Crippen MR) is 183 cm³/mol. The van der Waals surface area contributed by atoms with E-state index in [4.69, 9.17) is 12.6 Å². The van der Waals surface area contributed by atoms with Crippen LogP contribution in [0.25, 0.3) is 87.6 Å². The minimum Gasteiger partial charge on any atom is -0.456 e. The lowest BCUT2D eigenvalue weighted by atomic mass is 9.84. The monoisotopic (exact) mass is 553 g/mol. The molecule has 0 spiro atoms. The average Bonchev–Trinajstić information content (AvgIpc) is 3.55. The number of furan rings is 1. The first-order chi connectivity index (χ1) is 24.3. The molecule has 0 N–H and O–H groups in total. The van der Waals surface area contributed by atoms with E-state index in [9.17, 15) is 1.37 Å². The summed E-state index contributed by atoms with van der Waals surface area (Å²) in [6.45, 7) is 0. The fourth-order valence-electron chi connectivity index (χ4n) is 6.58. The van der Waals surface area contributed by atoms with Crippen LogP contribution in [-0.2, 0) is 0 Å². The van der Waals surface area contributed by atoms with E-state index < -0.39 is 12.1 Å². The summed E-state index contributed by atoms with van der Waals surface area (Å²) in [4.78, 5) is 0. The highest BCUT2D eigenvalue weighted by molar-refractivity contribution is 6.25. The van der Waals surface area contributed by atoms with Crippen LogP contribution in [0.2, 0.25) is 0 Å². The van der Waals surface area contributed by atoms with Crippen molar-refractivity contribution < 1.29 is 14.0 Å². The van der Waals surface area contributed by atoms with Gasteiger partial charge in [-0.2, -0.15) is 0 Å². The quantitative estimate of drug-likeness (QED) is 0.198. The molecule has 0 unspecified atom stereocenters.